The molecule has 0 spiro atoms. The molecule has 0 aromatic heterocycles. The van der Waals surface area contributed by atoms with E-state index in [1.807, 2.05) is 0 Å². The molecule has 0 radical (unpaired) electrons. The zero-order chi connectivity index (χ0) is 11.2. The van der Waals surface area contributed by atoms with Gasteiger partial charge in [0, 0.05) is 6.92 Å². The highest BCUT2D eigenvalue weighted by molar-refractivity contribution is 5.95. The minimum absolute atomic E-state index is 0.134. The predicted octanol–water partition coefficient (Wildman–Crippen LogP) is 1.91. The lowest BCUT2D eigenvalue weighted by Crippen LogP contribution is -2.25. The lowest BCUT2D eigenvalue weighted by Gasteiger charge is -2.16. The molecule has 82 valence electrons. The molecule has 0 saturated carbocycles. The fourth-order valence-corrected chi connectivity index (χ4v) is 0.772. The Morgan fingerprint density at radius 2 is 1.93 bits per heavy atom. The van der Waals surface area contributed by atoms with Crippen LogP contribution in [0.1, 0.15) is 41.0 Å². The molecule has 4 nitrogen and oxygen atoms in total. The van der Waals surface area contributed by atoms with Crippen LogP contribution in [0.2, 0.25) is 0 Å². The van der Waals surface area contributed by atoms with E-state index >= 15 is 0 Å². The second kappa shape index (κ2) is 5.62. The molecule has 0 aromatic rings. The fourth-order valence-electron chi connectivity index (χ4n) is 0.772. The smallest absolute Gasteiger partial charge is 0.222 e. The van der Waals surface area contributed by atoms with Crippen LogP contribution < -0.4 is 5.32 Å². The number of nitrogens with one attached hydrogen (secondary N) is 1. The summed E-state index contributed by atoms with van der Waals surface area (Å²) in [6, 6.07) is 0. The monoisotopic (exact) mass is 200 g/mol. The molecule has 1 amide bonds. The van der Waals surface area contributed by atoms with Crippen LogP contribution in [0.3, 0.4) is 0 Å². The molecule has 0 unspecified atom stereocenters. The van der Waals surface area contributed by atoms with Gasteiger partial charge in [0.2, 0.25) is 5.91 Å². The Hall–Kier alpha value is -1.06. The number of oxime groups is 1. The van der Waals surface area contributed by atoms with Crippen LogP contribution in [-0.4, -0.2) is 18.3 Å². The third-order valence-corrected chi connectivity index (χ3v) is 1.50. The highest BCUT2D eigenvalue weighted by Crippen LogP contribution is 2.17. The van der Waals surface area contributed by atoms with Crippen LogP contribution in [0.5, 0.6) is 0 Å². The molecule has 0 bridgehead atoms. The van der Waals surface area contributed by atoms with Gasteiger partial charge in [-0.2, -0.15) is 0 Å². The van der Waals surface area contributed by atoms with Crippen molar-refractivity contribution in [3.63, 3.8) is 0 Å². The fraction of sp³-hybridized carbons (Fsp3) is 0.800. The maximum absolute atomic E-state index is 10.6. The normalized spacial score (nSPS) is 12.5. The Balaban J connectivity index is 3.66. The van der Waals surface area contributed by atoms with Gasteiger partial charge >= 0.3 is 0 Å². The van der Waals surface area contributed by atoms with E-state index in [0.717, 1.165) is 6.42 Å². The summed E-state index contributed by atoms with van der Waals surface area (Å²) < 4.78 is 0. The molecule has 0 heterocycles. The first-order valence-corrected chi connectivity index (χ1v) is 4.75. The summed E-state index contributed by atoms with van der Waals surface area (Å²) in [5.74, 6) is 0.358. The summed E-state index contributed by atoms with van der Waals surface area (Å²) in [5.41, 5.74) is 0.247. The summed E-state index contributed by atoms with van der Waals surface area (Å²) in [5, 5.41) is 6.28. The van der Waals surface area contributed by atoms with Crippen LogP contribution in [0.15, 0.2) is 5.16 Å². The van der Waals surface area contributed by atoms with Crippen molar-refractivity contribution in [1.29, 1.82) is 0 Å². The summed E-state index contributed by atoms with van der Waals surface area (Å²) in [6.45, 7) is 10.1. The van der Waals surface area contributed by atoms with Gasteiger partial charge in [0.05, 0.1) is 0 Å². The Kier molecular flexibility index (Phi) is 5.20. The predicted molar refractivity (Wildman–Crippen MR) is 56.9 cm³/mol. The molecule has 0 fully saturated rings. The van der Waals surface area contributed by atoms with E-state index in [2.05, 4.69) is 31.2 Å². The topological polar surface area (TPSA) is 50.7 Å². The summed E-state index contributed by atoms with van der Waals surface area (Å²) in [6.07, 6.45) is 0.934. The molecule has 14 heavy (non-hydrogen) atoms. The van der Waals surface area contributed by atoms with Crippen molar-refractivity contribution in [2.75, 3.05) is 6.61 Å². The van der Waals surface area contributed by atoms with Crippen molar-refractivity contribution in [1.82, 2.24) is 5.32 Å². The first-order valence-electron chi connectivity index (χ1n) is 4.75. The summed E-state index contributed by atoms with van der Waals surface area (Å²) in [7, 11) is 0. The summed E-state index contributed by atoms with van der Waals surface area (Å²) >= 11 is 0. The van der Waals surface area contributed by atoms with Crippen molar-refractivity contribution >= 4 is 11.7 Å². The average molecular weight is 200 g/mol. The maximum atomic E-state index is 10.6. The van der Waals surface area contributed by atoms with Gasteiger partial charge in [0.15, 0.2) is 0 Å². The number of rotatable bonds is 3. The number of amides is 1. The van der Waals surface area contributed by atoms with Gasteiger partial charge < -0.3 is 10.2 Å². The third-order valence-electron chi connectivity index (χ3n) is 1.50. The van der Waals surface area contributed by atoms with Crippen molar-refractivity contribution in [3.05, 3.63) is 0 Å². The minimum atomic E-state index is -0.134. The zero-order valence-corrected chi connectivity index (χ0v) is 9.68. The Bertz CT molecular complexity index is 217. The van der Waals surface area contributed by atoms with E-state index in [1.54, 1.807) is 6.92 Å². The Morgan fingerprint density at radius 1 is 1.36 bits per heavy atom. The van der Waals surface area contributed by atoms with Crippen molar-refractivity contribution in [3.8, 4) is 0 Å². The number of hydrogen-bond acceptors (Lipinski definition) is 3. The first kappa shape index (κ1) is 12.9. The maximum Gasteiger partial charge on any atom is 0.222 e. The quantitative estimate of drug-likeness (QED) is 0.327. The molecule has 0 aliphatic rings. The third kappa shape index (κ3) is 9.03. The second-order valence-corrected chi connectivity index (χ2v) is 4.50. The molecule has 0 aromatic carbocycles. The van der Waals surface area contributed by atoms with Crippen LogP contribution in [0.25, 0.3) is 0 Å². The average Bonchev–Trinajstić information content (AvgIpc) is 1.95. The lowest BCUT2D eigenvalue weighted by molar-refractivity contribution is -0.117. The van der Waals surface area contributed by atoms with Crippen LogP contribution >= 0.6 is 0 Å². The highest BCUT2D eigenvalue weighted by Gasteiger charge is 2.09. The number of carbonyl (C=O) groups is 1. The van der Waals surface area contributed by atoms with E-state index in [4.69, 9.17) is 4.84 Å². The lowest BCUT2D eigenvalue weighted by atomic mass is 9.93. The molecular formula is C10H20N2O2. The SMILES string of the molecule is CC(=O)N/C(C)=N/OCCC(C)(C)C. The molecule has 1 N–H and O–H groups in total. The van der Waals surface area contributed by atoms with Gasteiger partial charge in [0.1, 0.15) is 12.4 Å². The number of nitrogens with zero attached hydrogens (tertiary/aromatic N) is 1. The zero-order valence-electron chi connectivity index (χ0n) is 9.68. The van der Waals surface area contributed by atoms with Gasteiger partial charge in [0.25, 0.3) is 0 Å². The van der Waals surface area contributed by atoms with E-state index < -0.39 is 0 Å². The molecule has 0 aliphatic carbocycles. The van der Waals surface area contributed by atoms with E-state index in [9.17, 15) is 4.79 Å². The van der Waals surface area contributed by atoms with E-state index in [-0.39, 0.29) is 11.3 Å². The van der Waals surface area contributed by atoms with E-state index in [1.165, 1.54) is 6.92 Å². The molecule has 0 saturated heterocycles. The van der Waals surface area contributed by atoms with Gasteiger partial charge in [-0.1, -0.05) is 25.9 Å². The minimum Gasteiger partial charge on any atom is -0.394 e. The van der Waals surface area contributed by atoms with Gasteiger partial charge in [-0.25, -0.2) is 0 Å². The largest absolute Gasteiger partial charge is 0.394 e. The van der Waals surface area contributed by atoms with Gasteiger partial charge in [-0.05, 0) is 18.8 Å². The highest BCUT2D eigenvalue weighted by atomic mass is 16.6. The molecule has 0 atom stereocenters. The van der Waals surface area contributed by atoms with Crippen LogP contribution in [0.4, 0.5) is 0 Å². The standard InChI is InChI=1S/C10H20N2O2/c1-8(11-9(2)13)12-14-7-6-10(3,4)5/h6-7H2,1-5H3,(H,11,12,13). The molecule has 0 rings (SSSR count). The molecule has 0 aliphatic heterocycles. The Labute approximate surface area is 85.7 Å². The molecular weight excluding hydrogens is 180 g/mol. The number of amidine groups is 1. The van der Waals surface area contributed by atoms with Gasteiger partial charge in [-0.15, -0.1) is 0 Å². The van der Waals surface area contributed by atoms with Crippen LogP contribution in [-0.2, 0) is 9.63 Å². The number of carbonyl (C=O) groups excluding carboxylic acids is 1. The first-order chi connectivity index (χ1) is 6.31. The second-order valence-electron chi connectivity index (χ2n) is 4.50. The van der Waals surface area contributed by atoms with Crippen molar-refractivity contribution < 1.29 is 9.63 Å². The summed E-state index contributed by atoms with van der Waals surface area (Å²) in [4.78, 5) is 15.6. The van der Waals surface area contributed by atoms with Crippen LogP contribution in [0, 0.1) is 5.41 Å². The van der Waals surface area contributed by atoms with E-state index in [0.29, 0.717) is 12.4 Å². The van der Waals surface area contributed by atoms with Crippen molar-refractivity contribution in [2.45, 2.75) is 41.0 Å². The number of hydrogen-bond donors (Lipinski definition) is 1. The van der Waals surface area contributed by atoms with Crippen molar-refractivity contribution in [2.24, 2.45) is 10.6 Å². The van der Waals surface area contributed by atoms with Gasteiger partial charge in [-0.3, -0.25) is 4.79 Å². The Morgan fingerprint density at radius 3 is 2.36 bits per heavy atom. The molecule has 4 heteroatoms.